The quantitative estimate of drug-likeness (QED) is 0.0932. The molecule has 4 aromatic rings. The van der Waals surface area contributed by atoms with Crippen LogP contribution in [0, 0.1) is 0 Å². The van der Waals surface area contributed by atoms with Crippen LogP contribution in [0.5, 0.6) is 11.5 Å². The average Bonchev–Trinajstić information content (AvgIpc) is 3.59. The molecule has 0 fully saturated rings. The lowest BCUT2D eigenvalue weighted by Gasteiger charge is -2.04. The first-order chi connectivity index (χ1) is 19.6. The van der Waals surface area contributed by atoms with E-state index in [2.05, 4.69) is 30.6 Å². The predicted molar refractivity (Wildman–Crippen MR) is 166 cm³/mol. The fraction of sp³-hybridized carbons (Fsp3) is 0.308. The van der Waals surface area contributed by atoms with Gasteiger partial charge in [-0.2, -0.15) is 19.6 Å². The van der Waals surface area contributed by atoms with Gasteiger partial charge in [-0.3, -0.25) is 0 Å². The van der Waals surface area contributed by atoms with Gasteiger partial charge in [0.1, 0.15) is 11.5 Å². The van der Waals surface area contributed by atoms with E-state index in [0.29, 0.717) is 0 Å². The van der Waals surface area contributed by atoms with E-state index in [1.165, 1.54) is 23.5 Å². The van der Waals surface area contributed by atoms with Crippen molar-refractivity contribution in [2.24, 2.45) is 10.2 Å². The van der Waals surface area contributed by atoms with E-state index >= 15 is 0 Å². The van der Waals surface area contributed by atoms with Gasteiger partial charge in [-0.25, -0.2) is 0 Å². The minimum absolute atomic E-state index is 0.752. The Morgan fingerprint density at radius 2 is 1.00 bits per heavy atom. The molecule has 2 heterocycles. The third kappa shape index (κ3) is 8.29. The van der Waals surface area contributed by atoms with Crippen LogP contribution in [0.25, 0.3) is 0 Å². The largest absolute Gasteiger partial charge is 0.497 e. The summed E-state index contributed by atoms with van der Waals surface area (Å²) in [7, 11) is 3.31. The Bertz CT molecular complexity index is 1300. The predicted octanol–water partition coefficient (Wildman–Crippen LogP) is 5.76. The van der Waals surface area contributed by atoms with Gasteiger partial charge in [0.2, 0.25) is 20.6 Å². The van der Waals surface area contributed by atoms with Crippen LogP contribution in [0.1, 0.15) is 24.0 Å². The molecule has 0 spiro atoms. The summed E-state index contributed by atoms with van der Waals surface area (Å²) in [6.45, 7) is 0. The standard InChI is InChI=1S/C26H30N8O2S4/c1-35-21-11-7-19(8-12-21)17-27-33-23(37-3)29-31-25(33)39-15-5-6-16-40-26-32-30-24(38-4)34(26)28-18-20-9-13-22(36-2)14-10-20/h7-14,17-18H,5-6,15-16H2,1-4H3/b27-17+,28-18+. The molecular formula is C26H30N8O2S4. The summed E-state index contributed by atoms with van der Waals surface area (Å²) in [4.78, 5) is 0. The van der Waals surface area contributed by atoms with E-state index < -0.39 is 0 Å². The Hall–Kier alpha value is -2.94. The maximum absolute atomic E-state index is 5.22. The van der Waals surface area contributed by atoms with Crippen molar-refractivity contribution in [3.63, 3.8) is 0 Å². The van der Waals surface area contributed by atoms with E-state index in [9.17, 15) is 0 Å². The van der Waals surface area contributed by atoms with Crippen LogP contribution >= 0.6 is 47.0 Å². The summed E-state index contributed by atoms with van der Waals surface area (Å²) in [5.74, 6) is 3.44. The first-order valence-electron chi connectivity index (χ1n) is 12.3. The zero-order chi connectivity index (χ0) is 28.2. The lowest BCUT2D eigenvalue weighted by Crippen LogP contribution is -1.97. The van der Waals surface area contributed by atoms with Crippen LogP contribution < -0.4 is 9.47 Å². The SMILES string of the molecule is COc1ccc(/C=N/n2c(SC)nnc2SCCCCSc2nnc(SC)n2/N=C/c2ccc(OC)cc2)cc1. The number of benzene rings is 2. The van der Waals surface area contributed by atoms with Crippen molar-refractivity contribution >= 4 is 59.5 Å². The topological polar surface area (TPSA) is 105 Å². The summed E-state index contributed by atoms with van der Waals surface area (Å²) in [6, 6.07) is 15.5. The molecular weight excluding hydrogens is 585 g/mol. The molecule has 0 atom stereocenters. The normalized spacial score (nSPS) is 11.6. The number of unbranched alkanes of at least 4 members (excludes halogenated alkanes) is 1. The van der Waals surface area contributed by atoms with E-state index in [0.717, 1.165) is 67.6 Å². The second kappa shape index (κ2) is 15.7. The van der Waals surface area contributed by atoms with Gasteiger partial charge in [0.15, 0.2) is 0 Å². The molecule has 14 heteroatoms. The van der Waals surface area contributed by atoms with Crippen LogP contribution in [-0.2, 0) is 0 Å². The fourth-order valence-electron chi connectivity index (χ4n) is 3.30. The zero-order valence-corrected chi connectivity index (χ0v) is 25.9. The number of nitrogens with zero attached hydrogens (tertiary/aromatic N) is 8. The zero-order valence-electron chi connectivity index (χ0n) is 22.6. The summed E-state index contributed by atoms with van der Waals surface area (Å²) >= 11 is 6.34. The Labute approximate surface area is 250 Å². The average molecular weight is 615 g/mol. The van der Waals surface area contributed by atoms with Gasteiger partial charge >= 0.3 is 0 Å². The van der Waals surface area contributed by atoms with E-state index in [4.69, 9.17) is 9.47 Å². The molecule has 40 heavy (non-hydrogen) atoms. The summed E-state index contributed by atoms with van der Waals surface area (Å²) in [5.41, 5.74) is 1.95. The van der Waals surface area contributed by atoms with E-state index in [1.807, 2.05) is 61.0 Å². The van der Waals surface area contributed by atoms with Crippen molar-refractivity contribution in [1.29, 1.82) is 0 Å². The van der Waals surface area contributed by atoms with Crippen LogP contribution in [0.3, 0.4) is 0 Å². The maximum Gasteiger partial charge on any atom is 0.212 e. The number of hydrogen-bond donors (Lipinski definition) is 0. The second-order valence-electron chi connectivity index (χ2n) is 8.00. The summed E-state index contributed by atoms with van der Waals surface area (Å²) in [5, 5.41) is 29.5. The monoisotopic (exact) mass is 614 g/mol. The molecule has 0 aliphatic carbocycles. The number of rotatable bonds is 15. The van der Waals surface area contributed by atoms with Crippen molar-refractivity contribution in [2.45, 2.75) is 33.5 Å². The third-order valence-electron chi connectivity index (χ3n) is 5.41. The molecule has 0 aliphatic heterocycles. The third-order valence-corrected chi connectivity index (χ3v) is 8.66. The Balaban J connectivity index is 1.28. The van der Waals surface area contributed by atoms with Gasteiger partial charge in [-0.05, 0) is 85.0 Å². The van der Waals surface area contributed by atoms with Gasteiger partial charge in [0.25, 0.3) is 0 Å². The molecule has 0 radical (unpaired) electrons. The van der Waals surface area contributed by atoms with Gasteiger partial charge in [-0.15, -0.1) is 20.4 Å². The number of ether oxygens (including phenoxy) is 2. The Kier molecular flexibility index (Phi) is 11.8. The van der Waals surface area contributed by atoms with Gasteiger partial charge in [0.05, 0.1) is 26.6 Å². The van der Waals surface area contributed by atoms with Crippen molar-refractivity contribution in [3.05, 3.63) is 59.7 Å². The summed E-state index contributed by atoms with van der Waals surface area (Å²) in [6.07, 6.45) is 9.58. The number of thioether (sulfide) groups is 4. The molecule has 2 aromatic carbocycles. The molecule has 0 bridgehead atoms. The van der Waals surface area contributed by atoms with E-state index in [1.54, 1.807) is 59.5 Å². The minimum Gasteiger partial charge on any atom is -0.497 e. The van der Waals surface area contributed by atoms with Crippen LogP contribution in [0.4, 0.5) is 0 Å². The number of methoxy groups -OCH3 is 2. The molecule has 0 saturated heterocycles. The fourth-order valence-corrected chi connectivity index (χ4v) is 6.04. The van der Waals surface area contributed by atoms with Crippen LogP contribution in [0.15, 0.2) is 79.4 Å². The van der Waals surface area contributed by atoms with Crippen molar-refractivity contribution in [2.75, 3.05) is 38.2 Å². The molecule has 0 unspecified atom stereocenters. The van der Waals surface area contributed by atoms with Gasteiger partial charge in [-0.1, -0.05) is 47.0 Å². The smallest absolute Gasteiger partial charge is 0.212 e. The van der Waals surface area contributed by atoms with Gasteiger partial charge < -0.3 is 9.47 Å². The lowest BCUT2D eigenvalue weighted by atomic mass is 10.2. The molecule has 0 saturated carbocycles. The first-order valence-corrected chi connectivity index (χ1v) is 16.7. The highest BCUT2D eigenvalue weighted by atomic mass is 32.2. The molecule has 0 aliphatic rings. The van der Waals surface area contributed by atoms with Gasteiger partial charge in [0, 0.05) is 11.5 Å². The van der Waals surface area contributed by atoms with Crippen LogP contribution in [-0.4, -0.2) is 80.4 Å². The second-order valence-corrected chi connectivity index (χ2v) is 11.7. The molecule has 10 nitrogen and oxygen atoms in total. The Morgan fingerprint density at radius 3 is 1.35 bits per heavy atom. The Morgan fingerprint density at radius 1 is 0.625 bits per heavy atom. The van der Waals surface area contributed by atoms with Crippen LogP contribution in [0.2, 0.25) is 0 Å². The highest BCUT2D eigenvalue weighted by Gasteiger charge is 2.13. The first kappa shape index (κ1) is 30.0. The van der Waals surface area contributed by atoms with E-state index in [-0.39, 0.29) is 0 Å². The molecule has 0 N–H and O–H groups in total. The van der Waals surface area contributed by atoms with Crippen molar-refractivity contribution in [1.82, 2.24) is 29.7 Å². The highest BCUT2D eigenvalue weighted by molar-refractivity contribution is 8.00. The molecule has 0 amide bonds. The number of hydrogen-bond acceptors (Lipinski definition) is 12. The summed E-state index contributed by atoms with van der Waals surface area (Å²) < 4.78 is 14.0. The molecule has 210 valence electrons. The number of aromatic nitrogens is 6. The highest BCUT2D eigenvalue weighted by Crippen LogP contribution is 2.25. The van der Waals surface area contributed by atoms with Crippen molar-refractivity contribution in [3.8, 4) is 11.5 Å². The molecule has 4 rings (SSSR count). The minimum atomic E-state index is 0.752. The molecule has 2 aromatic heterocycles. The lowest BCUT2D eigenvalue weighted by molar-refractivity contribution is 0.414. The van der Waals surface area contributed by atoms with Crippen molar-refractivity contribution < 1.29 is 9.47 Å². The maximum atomic E-state index is 5.22.